The first kappa shape index (κ1) is 21.2. The largest absolute Gasteiger partial charge is 0.508 e. The van der Waals surface area contributed by atoms with E-state index in [0.717, 1.165) is 0 Å². The Morgan fingerprint density at radius 3 is 2.77 bits per heavy atom. The Kier molecular flexibility index (Phi) is 6.39. The van der Waals surface area contributed by atoms with Gasteiger partial charge in [0.2, 0.25) is 0 Å². The van der Waals surface area contributed by atoms with E-state index < -0.39 is 5.91 Å². The molecule has 0 spiro atoms. The third-order valence-electron chi connectivity index (χ3n) is 4.16. The number of azide groups is 1. The first-order chi connectivity index (χ1) is 15.1. The quantitative estimate of drug-likeness (QED) is 0.227. The molecule has 31 heavy (non-hydrogen) atoms. The summed E-state index contributed by atoms with van der Waals surface area (Å²) in [5.74, 6) is -0.422. The number of hydrogen-bond acceptors (Lipinski definition) is 7. The molecule has 0 aliphatic rings. The first-order valence-electron chi connectivity index (χ1n) is 9.26. The number of carbonyl (C=O) groups is 1. The molecule has 0 aliphatic heterocycles. The van der Waals surface area contributed by atoms with E-state index in [1.807, 2.05) is 13.8 Å². The maximum atomic E-state index is 12.1. The number of carbonyl (C=O) groups excluding carboxylic acids is 1. The fourth-order valence-electron chi connectivity index (χ4n) is 2.89. The van der Waals surface area contributed by atoms with Gasteiger partial charge in [0.05, 0.1) is 23.9 Å². The van der Waals surface area contributed by atoms with Gasteiger partial charge < -0.3 is 9.84 Å². The minimum Gasteiger partial charge on any atom is -0.508 e. The summed E-state index contributed by atoms with van der Waals surface area (Å²) in [4.78, 5) is 19.0. The molecule has 4 aromatic rings. The Bertz CT molecular complexity index is 1340. The Hall–Kier alpha value is -4.50. The molecular formula is C20H18N8O3. The number of amides is 1. The summed E-state index contributed by atoms with van der Waals surface area (Å²) in [5, 5.41) is 25.1. The number of aromatic hydroxyl groups is 1. The van der Waals surface area contributed by atoms with Crippen molar-refractivity contribution in [2.75, 3.05) is 7.11 Å². The van der Waals surface area contributed by atoms with Gasteiger partial charge >= 0.3 is 0 Å². The molecule has 1 N–H and O–H groups in total. The van der Waals surface area contributed by atoms with Gasteiger partial charge in [-0.3, -0.25) is 9.79 Å². The van der Waals surface area contributed by atoms with Crippen molar-refractivity contribution in [3.8, 4) is 11.5 Å². The summed E-state index contributed by atoms with van der Waals surface area (Å²) in [6.45, 7) is 4.00. The Labute approximate surface area is 176 Å². The second kappa shape index (κ2) is 9.33. The van der Waals surface area contributed by atoms with Crippen molar-refractivity contribution in [3.63, 3.8) is 0 Å². The number of tetrazole rings is 1. The Balaban J connectivity index is 0.00000132. The lowest BCUT2D eigenvalue weighted by molar-refractivity contribution is 0.0997. The van der Waals surface area contributed by atoms with Crippen LogP contribution in [0.15, 0.2) is 52.6 Å². The Morgan fingerprint density at radius 1 is 1.26 bits per heavy atom. The summed E-state index contributed by atoms with van der Waals surface area (Å²) >= 11 is 0. The summed E-state index contributed by atoms with van der Waals surface area (Å²) < 4.78 is 6.72. The van der Waals surface area contributed by atoms with Gasteiger partial charge in [-0.15, -0.1) is 5.10 Å². The second-order valence-corrected chi connectivity index (χ2v) is 5.90. The molecule has 0 saturated carbocycles. The molecule has 0 fully saturated rings. The van der Waals surface area contributed by atoms with Crippen LogP contribution in [0.1, 0.15) is 29.8 Å². The fraction of sp³-hybridized carbons (Fsp3) is 0.150. The van der Waals surface area contributed by atoms with Crippen molar-refractivity contribution in [1.29, 1.82) is 0 Å². The van der Waals surface area contributed by atoms with Crippen LogP contribution >= 0.6 is 0 Å². The molecule has 11 heteroatoms. The van der Waals surface area contributed by atoms with Gasteiger partial charge in [0, 0.05) is 28.1 Å². The number of phenols is 1. The smallest absolute Gasteiger partial charge is 0.252 e. The standard InChI is InChI=1S/C18H12N8O3.C2H6/c1-29-16-6-10-5-11(9-20-12-3-2-4-13(27)7-12)17-21-24-25-26(17)15(10)8-14(16)18(28)22-23-19;1-2/h2-9,27H,1H3;1-2H3. The molecule has 4 rings (SSSR count). The normalized spacial score (nSPS) is 10.5. The number of fused-ring (bicyclic) bond motifs is 3. The van der Waals surface area contributed by atoms with E-state index >= 15 is 0 Å². The minimum atomic E-state index is -0.776. The molecule has 0 aliphatic carbocycles. The molecule has 1 amide bonds. The van der Waals surface area contributed by atoms with Crippen LogP contribution in [0.4, 0.5) is 5.69 Å². The molecule has 0 saturated heterocycles. The molecule has 0 unspecified atom stereocenters. The van der Waals surface area contributed by atoms with E-state index in [0.29, 0.717) is 27.8 Å². The minimum absolute atomic E-state index is 0.0933. The highest BCUT2D eigenvalue weighted by Gasteiger charge is 2.16. The van der Waals surface area contributed by atoms with Gasteiger partial charge in [-0.2, -0.15) is 4.52 Å². The van der Waals surface area contributed by atoms with E-state index in [9.17, 15) is 9.90 Å². The van der Waals surface area contributed by atoms with Crippen LogP contribution in [0.2, 0.25) is 0 Å². The molecule has 2 aromatic carbocycles. The van der Waals surface area contributed by atoms with Crippen LogP contribution in [0.3, 0.4) is 0 Å². The van der Waals surface area contributed by atoms with Crippen molar-refractivity contribution in [3.05, 3.63) is 64.0 Å². The zero-order valence-electron chi connectivity index (χ0n) is 17.0. The van der Waals surface area contributed by atoms with Crippen LogP contribution < -0.4 is 4.74 Å². The molecule has 0 bridgehead atoms. The summed E-state index contributed by atoms with van der Waals surface area (Å²) in [6, 6.07) is 11.4. The number of rotatable bonds is 4. The zero-order valence-corrected chi connectivity index (χ0v) is 17.0. The third-order valence-corrected chi connectivity index (χ3v) is 4.16. The fourth-order valence-corrected chi connectivity index (χ4v) is 2.89. The van der Waals surface area contributed by atoms with Gasteiger partial charge in [0.1, 0.15) is 11.5 Å². The average Bonchev–Trinajstić information content (AvgIpc) is 3.28. The van der Waals surface area contributed by atoms with Crippen molar-refractivity contribution in [1.82, 2.24) is 20.0 Å². The molecule has 0 atom stereocenters. The molecular weight excluding hydrogens is 400 g/mol. The molecule has 156 valence electrons. The van der Waals surface area contributed by atoms with Crippen molar-refractivity contribution < 1.29 is 14.6 Å². The maximum Gasteiger partial charge on any atom is 0.252 e. The lowest BCUT2D eigenvalue weighted by Crippen LogP contribution is -2.02. The van der Waals surface area contributed by atoms with Crippen LogP contribution in [0, 0.1) is 0 Å². The lowest BCUT2D eigenvalue weighted by Gasteiger charge is -2.09. The summed E-state index contributed by atoms with van der Waals surface area (Å²) in [5.41, 5.74) is 10.7. The molecule has 11 nitrogen and oxygen atoms in total. The van der Waals surface area contributed by atoms with Crippen molar-refractivity contribution in [2.45, 2.75) is 13.8 Å². The van der Waals surface area contributed by atoms with Gasteiger partial charge in [-0.05, 0) is 51.4 Å². The second-order valence-electron chi connectivity index (χ2n) is 5.90. The van der Waals surface area contributed by atoms with Gasteiger partial charge in [0.25, 0.3) is 5.91 Å². The number of nitrogens with zero attached hydrogens (tertiary/aromatic N) is 8. The van der Waals surface area contributed by atoms with Crippen LogP contribution in [-0.4, -0.2) is 44.4 Å². The topological polar surface area (TPSA) is 151 Å². The number of phenolic OH excluding ortho intramolecular Hbond substituents is 1. The van der Waals surface area contributed by atoms with E-state index in [2.05, 4.69) is 30.5 Å². The van der Waals surface area contributed by atoms with E-state index in [4.69, 9.17) is 10.3 Å². The Morgan fingerprint density at radius 2 is 2.06 bits per heavy atom. The SMILES string of the molecule is CC.COc1cc2cc(C=Nc3cccc(O)c3)c3nnnn3c2cc1C(=O)N=[N+]=[N-]. The van der Waals surface area contributed by atoms with E-state index in [-0.39, 0.29) is 17.1 Å². The first-order valence-corrected chi connectivity index (χ1v) is 9.26. The highest BCUT2D eigenvalue weighted by Crippen LogP contribution is 2.28. The van der Waals surface area contributed by atoms with Crippen molar-refractivity contribution >= 4 is 34.4 Å². The number of aliphatic imine (C=N–C) groups is 1. The predicted octanol–water partition coefficient (Wildman–Crippen LogP) is 4.22. The monoisotopic (exact) mass is 418 g/mol. The van der Waals surface area contributed by atoms with E-state index in [1.165, 1.54) is 23.8 Å². The highest BCUT2D eigenvalue weighted by atomic mass is 16.5. The molecule has 2 aromatic heterocycles. The summed E-state index contributed by atoms with van der Waals surface area (Å²) in [7, 11) is 1.41. The molecule has 0 radical (unpaired) electrons. The number of aromatic nitrogens is 4. The van der Waals surface area contributed by atoms with Gasteiger partial charge in [-0.1, -0.05) is 19.9 Å². The van der Waals surface area contributed by atoms with Gasteiger partial charge in [0.15, 0.2) is 5.65 Å². The molecule has 2 heterocycles. The summed E-state index contributed by atoms with van der Waals surface area (Å²) in [6.07, 6.45) is 1.57. The average molecular weight is 418 g/mol. The lowest BCUT2D eigenvalue weighted by atomic mass is 10.1. The van der Waals surface area contributed by atoms with Crippen LogP contribution in [0.25, 0.3) is 27.0 Å². The van der Waals surface area contributed by atoms with Crippen LogP contribution in [-0.2, 0) is 0 Å². The van der Waals surface area contributed by atoms with Gasteiger partial charge in [-0.25, -0.2) is 0 Å². The van der Waals surface area contributed by atoms with Crippen LogP contribution in [0.5, 0.6) is 11.5 Å². The zero-order chi connectivity index (χ0) is 22.4. The maximum absolute atomic E-state index is 12.1. The number of pyridine rings is 1. The number of ether oxygens (including phenoxy) is 1. The highest BCUT2D eigenvalue weighted by molar-refractivity contribution is 6.03. The number of methoxy groups -OCH3 is 1. The predicted molar refractivity (Wildman–Crippen MR) is 115 cm³/mol. The van der Waals surface area contributed by atoms with E-state index in [1.54, 1.807) is 36.5 Å². The number of hydrogen-bond donors (Lipinski definition) is 1. The third kappa shape index (κ3) is 4.26. The number of benzene rings is 2. The van der Waals surface area contributed by atoms with Crippen molar-refractivity contribution in [2.24, 2.45) is 10.1 Å².